The average Bonchev–Trinajstić information content (AvgIpc) is 2.26. The van der Waals surface area contributed by atoms with E-state index in [-0.39, 0.29) is 16.7 Å². The lowest BCUT2D eigenvalue weighted by molar-refractivity contribution is -0.385. The van der Waals surface area contributed by atoms with Gasteiger partial charge in [-0.2, -0.15) is 0 Å². The molecule has 1 atom stereocenters. The first kappa shape index (κ1) is 12.9. The van der Waals surface area contributed by atoms with Crippen LogP contribution < -0.4 is 5.32 Å². The molecule has 1 N–H and O–H groups in total. The number of rotatable bonds is 4. The van der Waals surface area contributed by atoms with E-state index in [0.29, 0.717) is 10.0 Å². The van der Waals surface area contributed by atoms with Gasteiger partial charge in [0, 0.05) is 16.6 Å². The summed E-state index contributed by atoms with van der Waals surface area (Å²) in [6.45, 7) is 1.97. The maximum absolute atomic E-state index is 10.8. The Morgan fingerprint density at radius 3 is 2.81 bits per heavy atom. The van der Waals surface area contributed by atoms with Crippen LogP contribution in [-0.2, 0) is 0 Å². The highest BCUT2D eigenvalue weighted by atomic mass is 79.9. The van der Waals surface area contributed by atoms with E-state index >= 15 is 0 Å². The monoisotopic (exact) mass is 284 g/mol. The second-order valence-electron chi connectivity index (χ2n) is 3.40. The van der Waals surface area contributed by atoms with Gasteiger partial charge in [-0.05, 0) is 26.1 Å². The summed E-state index contributed by atoms with van der Waals surface area (Å²) in [4.78, 5) is 10.4. The van der Waals surface area contributed by atoms with Crippen molar-refractivity contribution in [3.05, 3.63) is 44.4 Å². The molecule has 16 heavy (non-hydrogen) atoms. The van der Waals surface area contributed by atoms with Crippen LogP contribution in [0.15, 0.2) is 28.7 Å². The Morgan fingerprint density at radius 2 is 2.25 bits per heavy atom. The highest BCUT2D eigenvalue weighted by molar-refractivity contribution is 9.10. The van der Waals surface area contributed by atoms with E-state index in [0.717, 1.165) is 0 Å². The summed E-state index contributed by atoms with van der Waals surface area (Å²) in [7, 11) is 1.84. The number of nitro benzene ring substituents is 1. The van der Waals surface area contributed by atoms with Crippen LogP contribution in [0.25, 0.3) is 6.08 Å². The topological polar surface area (TPSA) is 55.2 Å². The van der Waals surface area contributed by atoms with Crippen molar-refractivity contribution >= 4 is 27.7 Å². The van der Waals surface area contributed by atoms with Crippen LogP contribution in [-0.4, -0.2) is 18.0 Å². The predicted molar refractivity (Wildman–Crippen MR) is 68.4 cm³/mol. The van der Waals surface area contributed by atoms with E-state index in [1.807, 2.05) is 20.0 Å². The predicted octanol–water partition coefficient (Wildman–Crippen LogP) is 2.98. The van der Waals surface area contributed by atoms with Gasteiger partial charge in [0.1, 0.15) is 0 Å². The Hall–Kier alpha value is -1.20. The molecule has 0 saturated carbocycles. The van der Waals surface area contributed by atoms with Crippen molar-refractivity contribution in [1.82, 2.24) is 5.32 Å². The largest absolute Gasteiger partial charge is 0.314 e. The van der Waals surface area contributed by atoms with E-state index in [1.54, 1.807) is 18.2 Å². The lowest BCUT2D eigenvalue weighted by atomic mass is 10.1. The van der Waals surface area contributed by atoms with Crippen LogP contribution in [0.2, 0.25) is 0 Å². The zero-order chi connectivity index (χ0) is 12.1. The summed E-state index contributed by atoms with van der Waals surface area (Å²) in [5.41, 5.74) is 0.712. The van der Waals surface area contributed by atoms with Gasteiger partial charge in [-0.3, -0.25) is 10.1 Å². The molecule has 0 fully saturated rings. The molecule has 0 heterocycles. The summed E-state index contributed by atoms with van der Waals surface area (Å²) in [6, 6.07) is 5.20. The third-order valence-corrected chi connectivity index (χ3v) is 2.70. The van der Waals surface area contributed by atoms with Gasteiger partial charge in [-0.15, -0.1) is 0 Å². The fourth-order valence-corrected chi connectivity index (χ4v) is 1.51. The van der Waals surface area contributed by atoms with Gasteiger partial charge in [-0.25, -0.2) is 0 Å². The van der Waals surface area contributed by atoms with Crippen LogP contribution in [0.3, 0.4) is 0 Å². The lowest BCUT2D eigenvalue weighted by Gasteiger charge is -2.03. The Balaban J connectivity index is 3.04. The molecule has 1 unspecified atom stereocenters. The van der Waals surface area contributed by atoms with Gasteiger partial charge in [0.05, 0.1) is 10.5 Å². The molecular weight excluding hydrogens is 272 g/mol. The molecule has 0 aliphatic rings. The molecule has 1 aromatic rings. The molecule has 0 spiro atoms. The Morgan fingerprint density at radius 1 is 1.56 bits per heavy atom. The van der Waals surface area contributed by atoms with Crippen LogP contribution in [0.4, 0.5) is 5.69 Å². The van der Waals surface area contributed by atoms with Crippen LogP contribution in [0.5, 0.6) is 0 Å². The highest BCUT2D eigenvalue weighted by Crippen LogP contribution is 2.24. The lowest BCUT2D eigenvalue weighted by Crippen LogP contribution is -2.17. The van der Waals surface area contributed by atoms with Crippen molar-refractivity contribution in [2.45, 2.75) is 13.0 Å². The quantitative estimate of drug-likeness (QED) is 0.683. The van der Waals surface area contributed by atoms with Crippen LogP contribution >= 0.6 is 15.9 Å². The van der Waals surface area contributed by atoms with Crippen molar-refractivity contribution in [3.8, 4) is 0 Å². The highest BCUT2D eigenvalue weighted by Gasteiger charge is 2.11. The fourth-order valence-electron chi connectivity index (χ4n) is 1.16. The van der Waals surface area contributed by atoms with E-state index in [4.69, 9.17) is 0 Å². The second kappa shape index (κ2) is 5.77. The van der Waals surface area contributed by atoms with Gasteiger partial charge in [-0.1, -0.05) is 28.1 Å². The standard InChI is InChI=1S/C11H13BrN2O2/c1-8(13-2)3-4-9-5-6-10(12)7-11(9)14(15)16/h3-8,13H,1-2H3/b4-3+. The Labute approximate surface area is 103 Å². The molecule has 0 amide bonds. The smallest absolute Gasteiger partial charge is 0.277 e. The summed E-state index contributed by atoms with van der Waals surface area (Å²) >= 11 is 3.22. The van der Waals surface area contributed by atoms with Crippen molar-refractivity contribution in [2.24, 2.45) is 0 Å². The molecule has 1 aromatic carbocycles. The summed E-state index contributed by atoms with van der Waals surface area (Å²) in [5.74, 6) is 0. The molecule has 0 aliphatic carbocycles. The summed E-state index contributed by atoms with van der Waals surface area (Å²) in [5, 5.41) is 13.9. The zero-order valence-corrected chi connectivity index (χ0v) is 10.7. The first-order chi connectivity index (χ1) is 7.54. The SMILES string of the molecule is CNC(C)/C=C/c1ccc(Br)cc1[N+](=O)[O-]. The molecule has 0 aromatic heterocycles. The number of hydrogen-bond donors (Lipinski definition) is 1. The van der Waals surface area contributed by atoms with Gasteiger partial charge < -0.3 is 5.32 Å². The maximum Gasteiger partial charge on any atom is 0.277 e. The Kier molecular flexibility index (Phi) is 4.64. The van der Waals surface area contributed by atoms with E-state index in [9.17, 15) is 10.1 Å². The summed E-state index contributed by atoms with van der Waals surface area (Å²) in [6.07, 6.45) is 3.64. The minimum atomic E-state index is -0.380. The van der Waals surface area contributed by atoms with Crippen molar-refractivity contribution in [2.75, 3.05) is 7.05 Å². The average molecular weight is 285 g/mol. The van der Waals surface area contributed by atoms with E-state index in [1.165, 1.54) is 6.07 Å². The second-order valence-corrected chi connectivity index (χ2v) is 4.31. The van der Waals surface area contributed by atoms with Crippen molar-refractivity contribution in [3.63, 3.8) is 0 Å². The number of nitrogens with zero attached hydrogens (tertiary/aromatic N) is 1. The molecule has 0 aliphatic heterocycles. The van der Waals surface area contributed by atoms with Gasteiger partial charge in [0.15, 0.2) is 0 Å². The molecule has 0 bridgehead atoms. The zero-order valence-electron chi connectivity index (χ0n) is 9.11. The maximum atomic E-state index is 10.8. The van der Waals surface area contributed by atoms with Crippen LogP contribution in [0, 0.1) is 10.1 Å². The van der Waals surface area contributed by atoms with Crippen molar-refractivity contribution < 1.29 is 4.92 Å². The molecule has 4 nitrogen and oxygen atoms in total. The van der Waals surface area contributed by atoms with Gasteiger partial charge >= 0.3 is 0 Å². The number of nitro groups is 1. The molecule has 5 heteroatoms. The van der Waals surface area contributed by atoms with Gasteiger partial charge in [0.25, 0.3) is 5.69 Å². The first-order valence-electron chi connectivity index (χ1n) is 4.84. The molecule has 0 radical (unpaired) electrons. The summed E-state index contributed by atoms with van der Waals surface area (Å²) < 4.78 is 0.706. The fraction of sp³-hybridized carbons (Fsp3) is 0.273. The molecule has 86 valence electrons. The van der Waals surface area contributed by atoms with Gasteiger partial charge in [0.2, 0.25) is 0 Å². The number of halogens is 1. The third kappa shape index (κ3) is 3.43. The first-order valence-corrected chi connectivity index (χ1v) is 5.63. The minimum Gasteiger partial charge on any atom is -0.314 e. The van der Waals surface area contributed by atoms with E-state index in [2.05, 4.69) is 21.2 Å². The molecule has 0 saturated heterocycles. The van der Waals surface area contributed by atoms with Crippen LogP contribution in [0.1, 0.15) is 12.5 Å². The molecular formula is C11H13BrN2O2. The third-order valence-electron chi connectivity index (χ3n) is 2.21. The number of hydrogen-bond acceptors (Lipinski definition) is 3. The minimum absolute atomic E-state index is 0.105. The van der Waals surface area contributed by atoms with E-state index < -0.39 is 0 Å². The number of likely N-dealkylation sites (N-methyl/N-ethyl adjacent to an activating group) is 1. The Bertz CT molecular complexity index is 418. The van der Waals surface area contributed by atoms with Crippen molar-refractivity contribution in [1.29, 1.82) is 0 Å². The normalized spacial score (nSPS) is 12.9. The number of nitrogens with one attached hydrogen (secondary N) is 1. The molecule has 1 rings (SSSR count). The number of benzene rings is 1.